The number of hydrogen-bond donors (Lipinski definition) is 1. The van der Waals surface area contributed by atoms with Crippen LogP contribution in [0.1, 0.15) is 36.1 Å². The summed E-state index contributed by atoms with van der Waals surface area (Å²) in [5.74, 6) is -0.0101. The molecule has 0 aromatic heterocycles. The normalized spacial score (nSPS) is 12.0. The highest BCUT2D eigenvalue weighted by Crippen LogP contribution is 2.25. The summed E-state index contributed by atoms with van der Waals surface area (Å²) in [4.78, 5) is 12.1. The SMILES string of the molecule is Cc1ccc(C(C)NC(=O)CCc2c(Cl)cccc2Cl)cc1. The number of aryl methyl sites for hydroxylation is 1. The van der Waals surface area contributed by atoms with Crippen LogP contribution in [0.2, 0.25) is 10.0 Å². The van der Waals surface area contributed by atoms with Crippen LogP contribution in [0.5, 0.6) is 0 Å². The van der Waals surface area contributed by atoms with Crippen LogP contribution in [0.3, 0.4) is 0 Å². The molecule has 0 bridgehead atoms. The second-order valence-corrected chi connectivity index (χ2v) is 6.21. The Kier molecular flexibility index (Phi) is 5.87. The molecule has 4 heteroatoms. The van der Waals surface area contributed by atoms with Crippen LogP contribution in [0.25, 0.3) is 0 Å². The van der Waals surface area contributed by atoms with Gasteiger partial charge in [0.25, 0.3) is 0 Å². The summed E-state index contributed by atoms with van der Waals surface area (Å²) in [6.45, 7) is 4.02. The highest BCUT2D eigenvalue weighted by atomic mass is 35.5. The van der Waals surface area contributed by atoms with Gasteiger partial charge in [-0.3, -0.25) is 4.79 Å². The van der Waals surface area contributed by atoms with Crippen LogP contribution in [0.15, 0.2) is 42.5 Å². The van der Waals surface area contributed by atoms with Gasteiger partial charge in [0.05, 0.1) is 6.04 Å². The number of nitrogens with one attached hydrogen (secondary N) is 1. The summed E-state index contributed by atoms with van der Waals surface area (Å²) in [5, 5.41) is 4.21. The first-order valence-electron chi connectivity index (χ1n) is 7.26. The molecular weight excluding hydrogens is 317 g/mol. The summed E-state index contributed by atoms with van der Waals surface area (Å²) >= 11 is 12.2. The van der Waals surface area contributed by atoms with Crippen molar-refractivity contribution in [1.29, 1.82) is 0 Å². The Hall–Kier alpha value is -1.51. The van der Waals surface area contributed by atoms with Crippen molar-refractivity contribution in [1.82, 2.24) is 5.32 Å². The third-order valence-corrected chi connectivity index (χ3v) is 4.33. The van der Waals surface area contributed by atoms with Crippen molar-refractivity contribution in [3.8, 4) is 0 Å². The second kappa shape index (κ2) is 7.66. The van der Waals surface area contributed by atoms with Crippen LogP contribution >= 0.6 is 23.2 Å². The molecule has 0 aliphatic carbocycles. The monoisotopic (exact) mass is 335 g/mol. The van der Waals surface area contributed by atoms with Crippen LogP contribution in [0.4, 0.5) is 0 Å². The van der Waals surface area contributed by atoms with Crippen molar-refractivity contribution in [2.75, 3.05) is 0 Å². The van der Waals surface area contributed by atoms with Gasteiger partial charge in [0.2, 0.25) is 5.91 Å². The van der Waals surface area contributed by atoms with E-state index in [2.05, 4.69) is 5.32 Å². The molecule has 22 heavy (non-hydrogen) atoms. The molecule has 116 valence electrons. The van der Waals surface area contributed by atoms with Crippen molar-refractivity contribution in [2.45, 2.75) is 32.7 Å². The molecule has 2 nitrogen and oxygen atoms in total. The minimum Gasteiger partial charge on any atom is -0.350 e. The number of rotatable bonds is 5. The number of amides is 1. The van der Waals surface area contributed by atoms with Gasteiger partial charge in [-0.05, 0) is 43.5 Å². The van der Waals surface area contributed by atoms with Gasteiger partial charge in [-0.1, -0.05) is 59.1 Å². The van der Waals surface area contributed by atoms with E-state index in [0.717, 1.165) is 11.1 Å². The van der Waals surface area contributed by atoms with E-state index in [9.17, 15) is 4.79 Å². The summed E-state index contributed by atoms with van der Waals surface area (Å²) in [7, 11) is 0. The smallest absolute Gasteiger partial charge is 0.220 e. The second-order valence-electron chi connectivity index (χ2n) is 5.40. The Balaban J connectivity index is 1.91. The summed E-state index contributed by atoms with van der Waals surface area (Å²) in [6.07, 6.45) is 0.893. The van der Waals surface area contributed by atoms with E-state index in [1.807, 2.05) is 38.1 Å². The van der Waals surface area contributed by atoms with Crippen molar-refractivity contribution in [3.05, 3.63) is 69.2 Å². The van der Waals surface area contributed by atoms with Crippen LogP contribution < -0.4 is 5.32 Å². The highest BCUT2D eigenvalue weighted by molar-refractivity contribution is 6.36. The van der Waals surface area contributed by atoms with Gasteiger partial charge in [-0.15, -0.1) is 0 Å². The third-order valence-electron chi connectivity index (χ3n) is 3.62. The first-order chi connectivity index (χ1) is 10.5. The number of carbonyl (C=O) groups is 1. The molecule has 2 rings (SSSR count). The Morgan fingerprint density at radius 1 is 1.09 bits per heavy atom. The maximum atomic E-state index is 12.1. The Labute approximate surface area is 141 Å². The average Bonchev–Trinajstić information content (AvgIpc) is 2.47. The van der Waals surface area contributed by atoms with E-state index >= 15 is 0 Å². The van der Waals surface area contributed by atoms with E-state index < -0.39 is 0 Å². The molecule has 0 spiro atoms. The molecular formula is C18H19Cl2NO. The molecule has 0 fully saturated rings. The zero-order valence-corrected chi connectivity index (χ0v) is 14.2. The number of hydrogen-bond acceptors (Lipinski definition) is 1. The van der Waals surface area contributed by atoms with E-state index in [1.54, 1.807) is 18.2 Å². The molecule has 0 aliphatic heterocycles. The quantitative estimate of drug-likeness (QED) is 0.807. The van der Waals surface area contributed by atoms with E-state index in [-0.39, 0.29) is 11.9 Å². The molecule has 1 atom stereocenters. The standard InChI is InChI=1S/C18H19Cl2NO/c1-12-6-8-14(9-7-12)13(2)21-18(22)11-10-15-16(19)4-3-5-17(15)20/h3-9,13H,10-11H2,1-2H3,(H,21,22). The minimum atomic E-state index is -0.0187. The predicted octanol–water partition coefficient (Wildman–Crippen LogP) is 5.11. The first kappa shape index (κ1) is 16.9. The van der Waals surface area contributed by atoms with E-state index in [4.69, 9.17) is 23.2 Å². The molecule has 0 aliphatic rings. The topological polar surface area (TPSA) is 29.1 Å². The summed E-state index contributed by atoms with van der Waals surface area (Å²) in [6, 6.07) is 13.5. The first-order valence-corrected chi connectivity index (χ1v) is 8.02. The molecule has 2 aromatic carbocycles. The van der Waals surface area contributed by atoms with Crippen molar-refractivity contribution in [3.63, 3.8) is 0 Å². The maximum absolute atomic E-state index is 12.1. The minimum absolute atomic E-state index is 0.0101. The van der Waals surface area contributed by atoms with Crippen molar-refractivity contribution >= 4 is 29.1 Å². The lowest BCUT2D eigenvalue weighted by atomic mass is 10.1. The fourth-order valence-electron chi connectivity index (χ4n) is 2.26. The zero-order chi connectivity index (χ0) is 16.1. The summed E-state index contributed by atoms with van der Waals surface area (Å²) in [5.41, 5.74) is 3.12. The molecule has 2 aromatic rings. The zero-order valence-electron chi connectivity index (χ0n) is 12.7. The molecule has 0 radical (unpaired) electrons. The van der Waals surface area contributed by atoms with Gasteiger partial charge in [-0.25, -0.2) is 0 Å². The highest BCUT2D eigenvalue weighted by Gasteiger charge is 2.12. The Morgan fingerprint density at radius 3 is 2.27 bits per heavy atom. The van der Waals surface area contributed by atoms with Gasteiger partial charge < -0.3 is 5.32 Å². The molecule has 0 saturated heterocycles. The van der Waals surface area contributed by atoms with Crippen LogP contribution in [0, 0.1) is 6.92 Å². The lowest BCUT2D eigenvalue weighted by Crippen LogP contribution is -2.26. The molecule has 1 N–H and O–H groups in total. The Morgan fingerprint density at radius 2 is 1.68 bits per heavy atom. The molecule has 1 unspecified atom stereocenters. The maximum Gasteiger partial charge on any atom is 0.220 e. The van der Waals surface area contributed by atoms with Gasteiger partial charge in [0, 0.05) is 16.5 Å². The van der Waals surface area contributed by atoms with Gasteiger partial charge in [-0.2, -0.15) is 0 Å². The van der Waals surface area contributed by atoms with Crippen molar-refractivity contribution in [2.24, 2.45) is 0 Å². The molecule has 0 saturated carbocycles. The van der Waals surface area contributed by atoms with Gasteiger partial charge >= 0.3 is 0 Å². The lowest BCUT2D eigenvalue weighted by Gasteiger charge is -2.15. The van der Waals surface area contributed by atoms with Gasteiger partial charge in [0.1, 0.15) is 0 Å². The van der Waals surface area contributed by atoms with Crippen LogP contribution in [-0.4, -0.2) is 5.91 Å². The van der Waals surface area contributed by atoms with Gasteiger partial charge in [0.15, 0.2) is 0 Å². The van der Waals surface area contributed by atoms with Crippen LogP contribution in [-0.2, 0) is 11.2 Å². The average molecular weight is 336 g/mol. The number of halogens is 2. The Bertz CT molecular complexity index is 632. The lowest BCUT2D eigenvalue weighted by molar-refractivity contribution is -0.121. The third kappa shape index (κ3) is 4.49. The fourth-order valence-corrected chi connectivity index (χ4v) is 2.85. The van der Waals surface area contributed by atoms with E-state index in [1.165, 1.54) is 5.56 Å². The van der Waals surface area contributed by atoms with E-state index in [0.29, 0.717) is 22.9 Å². The van der Waals surface area contributed by atoms with Crippen molar-refractivity contribution < 1.29 is 4.79 Å². The molecule has 1 amide bonds. The summed E-state index contributed by atoms with van der Waals surface area (Å²) < 4.78 is 0. The number of benzene rings is 2. The predicted molar refractivity (Wildman–Crippen MR) is 92.5 cm³/mol. The fraction of sp³-hybridized carbons (Fsp3) is 0.278. The largest absolute Gasteiger partial charge is 0.350 e. The number of carbonyl (C=O) groups excluding carboxylic acids is 1. The molecule has 0 heterocycles.